The number of hydrogen-bond acceptors (Lipinski definition) is 6. The minimum atomic E-state index is -0.968. The summed E-state index contributed by atoms with van der Waals surface area (Å²) in [5.74, 6) is -0.325. The fraction of sp³-hybridized carbons (Fsp3) is 0.526. The quantitative estimate of drug-likeness (QED) is 0.281. The molecular formula is C38H48FN4O4. The third-order valence-corrected chi connectivity index (χ3v) is 10.4. The second-order valence-corrected chi connectivity index (χ2v) is 14.6. The average molecular weight is 644 g/mol. The molecule has 251 valence electrons. The van der Waals surface area contributed by atoms with Gasteiger partial charge in [-0.1, -0.05) is 18.9 Å². The first-order valence-corrected chi connectivity index (χ1v) is 17.2. The molecule has 1 amide bonds. The first kappa shape index (κ1) is 32.0. The van der Waals surface area contributed by atoms with Crippen LogP contribution < -0.4 is 4.74 Å². The maximum Gasteiger partial charge on any atom is 0.270 e. The number of ether oxygens (including phenoxy) is 2. The second-order valence-electron chi connectivity index (χ2n) is 14.6. The Bertz CT molecular complexity index is 1790. The Kier molecular flexibility index (Phi) is 8.28. The summed E-state index contributed by atoms with van der Waals surface area (Å²) in [6.45, 7) is 13.2. The van der Waals surface area contributed by atoms with Crippen molar-refractivity contribution in [3.63, 3.8) is 0 Å². The van der Waals surface area contributed by atoms with Crippen LogP contribution in [-0.2, 0) is 23.0 Å². The van der Waals surface area contributed by atoms with E-state index >= 15 is 4.39 Å². The predicted molar refractivity (Wildman–Crippen MR) is 182 cm³/mol. The molecule has 3 aromatic rings. The molecule has 47 heavy (non-hydrogen) atoms. The molecule has 0 unspecified atom stereocenters. The molecule has 1 radical (unpaired) electrons. The maximum absolute atomic E-state index is 15.9. The molecule has 1 saturated heterocycles. The lowest BCUT2D eigenvalue weighted by Gasteiger charge is -2.38. The van der Waals surface area contributed by atoms with E-state index in [1.54, 1.807) is 12.5 Å². The van der Waals surface area contributed by atoms with Gasteiger partial charge in [-0.2, -0.15) is 0 Å². The van der Waals surface area contributed by atoms with Gasteiger partial charge in [-0.25, -0.2) is 9.37 Å². The van der Waals surface area contributed by atoms with Gasteiger partial charge in [0.15, 0.2) is 17.3 Å². The van der Waals surface area contributed by atoms with Crippen LogP contribution >= 0.6 is 0 Å². The van der Waals surface area contributed by atoms with Crippen LogP contribution in [0.1, 0.15) is 93.3 Å². The Morgan fingerprint density at radius 3 is 2.45 bits per heavy atom. The molecule has 2 aromatic heterocycles. The van der Waals surface area contributed by atoms with E-state index in [4.69, 9.17) is 14.5 Å². The van der Waals surface area contributed by atoms with Crippen LogP contribution in [0.25, 0.3) is 22.2 Å². The van der Waals surface area contributed by atoms with Crippen LogP contribution in [0.2, 0.25) is 0 Å². The van der Waals surface area contributed by atoms with Crippen LogP contribution in [0.15, 0.2) is 23.8 Å². The maximum atomic E-state index is 15.9. The van der Waals surface area contributed by atoms with E-state index in [1.165, 1.54) is 31.7 Å². The summed E-state index contributed by atoms with van der Waals surface area (Å²) in [6.07, 6.45) is 9.18. The number of hydrogen-bond donors (Lipinski definition) is 0. The van der Waals surface area contributed by atoms with Crippen molar-refractivity contribution < 1.29 is 24.9 Å². The second kappa shape index (κ2) is 12.2. The highest BCUT2D eigenvalue weighted by molar-refractivity contribution is 6.09. The average Bonchev–Trinajstić information content (AvgIpc) is 3.66. The monoisotopic (exact) mass is 643 g/mol. The zero-order chi connectivity index (χ0) is 33.2. The van der Waals surface area contributed by atoms with Crippen LogP contribution in [-0.4, -0.2) is 75.5 Å². The van der Waals surface area contributed by atoms with Crippen molar-refractivity contribution in [3.8, 4) is 16.9 Å². The zero-order valence-electron chi connectivity index (χ0n) is 28.5. The number of amides is 1. The van der Waals surface area contributed by atoms with Crippen LogP contribution in [0.3, 0.4) is 0 Å². The molecule has 0 spiro atoms. The van der Waals surface area contributed by atoms with Gasteiger partial charge in [0.25, 0.3) is 5.91 Å². The van der Waals surface area contributed by atoms with Gasteiger partial charge in [0.1, 0.15) is 17.4 Å². The summed E-state index contributed by atoms with van der Waals surface area (Å²) in [6, 6.07) is 4.05. The summed E-state index contributed by atoms with van der Waals surface area (Å²) in [5, 5.41) is 0.698. The van der Waals surface area contributed by atoms with Gasteiger partial charge in [0.05, 0.1) is 12.2 Å². The van der Waals surface area contributed by atoms with Crippen molar-refractivity contribution in [2.75, 3.05) is 32.8 Å². The number of fused-ring (bicyclic) bond motifs is 2. The van der Waals surface area contributed by atoms with Crippen molar-refractivity contribution in [3.05, 3.63) is 64.1 Å². The molecule has 9 heteroatoms. The van der Waals surface area contributed by atoms with Gasteiger partial charge in [-0.15, -0.1) is 0 Å². The smallest absolute Gasteiger partial charge is 0.270 e. The Morgan fingerprint density at radius 1 is 1.09 bits per heavy atom. The lowest BCUT2D eigenvalue weighted by atomic mass is 9.85. The summed E-state index contributed by atoms with van der Waals surface area (Å²) in [4.78, 5) is 37.6. The van der Waals surface area contributed by atoms with Gasteiger partial charge >= 0.3 is 0 Å². The van der Waals surface area contributed by atoms with E-state index in [9.17, 15) is 9.59 Å². The van der Waals surface area contributed by atoms with Crippen molar-refractivity contribution >= 4 is 22.7 Å². The van der Waals surface area contributed by atoms with E-state index in [2.05, 4.69) is 4.90 Å². The van der Waals surface area contributed by atoms with E-state index in [1.807, 2.05) is 57.2 Å². The Morgan fingerprint density at radius 2 is 1.79 bits per heavy atom. The summed E-state index contributed by atoms with van der Waals surface area (Å²) in [5.41, 5.74) is 5.38. The molecule has 0 bridgehead atoms. The molecule has 2 aliphatic carbocycles. The highest BCUT2D eigenvalue weighted by Gasteiger charge is 2.38. The zero-order valence-corrected chi connectivity index (χ0v) is 28.5. The first-order valence-electron chi connectivity index (χ1n) is 17.2. The van der Waals surface area contributed by atoms with Gasteiger partial charge in [0, 0.05) is 80.5 Å². The molecule has 4 aliphatic rings. The molecule has 8 nitrogen and oxygen atoms in total. The molecule has 0 N–H and O–H groups in total. The largest absolute Gasteiger partial charge is 0.490 e. The highest BCUT2D eigenvalue weighted by Crippen LogP contribution is 2.46. The van der Waals surface area contributed by atoms with Crippen LogP contribution in [0.4, 0.5) is 4.39 Å². The number of carbonyl (C=O) groups excluding carboxylic acids is 2. The number of benzene rings is 1. The molecule has 1 aromatic carbocycles. The highest BCUT2D eigenvalue weighted by atomic mass is 19.1. The van der Waals surface area contributed by atoms with E-state index in [0.717, 1.165) is 30.6 Å². The number of nitrogens with zero attached hydrogens (tertiary/aromatic N) is 4. The number of rotatable bonds is 7. The normalized spacial score (nSPS) is 19.5. The standard InChI is InChI=1S/C38H46FN4O4.H2/c1-22-26-12-9-19-46-34(26)29(39)20-27(22)32-28-21-30(37(45)43-17-15-42(16-18-43)25-10-7-8-11-25)41(6)36(28)40-23(2)31(32)35(47-38(3,4)5)33(44)24-13-14-24;/h13-14,20-21,25,35H,7-12,15-19H2,1-6H3;1H/t35-;/m0./s1. The van der Waals surface area contributed by atoms with E-state index in [-0.39, 0.29) is 13.1 Å². The number of ketones is 1. The molecular weight excluding hydrogens is 595 g/mol. The Hall–Kier alpha value is -3.56. The minimum absolute atomic E-state index is 0. The summed E-state index contributed by atoms with van der Waals surface area (Å²) in [7, 11) is 1.87. The third-order valence-electron chi connectivity index (χ3n) is 10.4. The summed E-state index contributed by atoms with van der Waals surface area (Å²) < 4.78 is 30.1. The van der Waals surface area contributed by atoms with Gasteiger partial charge in [0.2, 0.25) is 0 Å². The lowest BCUT2D eigenvalue weighted by Crippen LogP contribution is -2.51. The van der Waals surface area contributed by atoms with Gasteiger partial charge in [-0.05, 0) is 83.6 Å². The molecule has 1 atom stereocenters. The van der Waals surface area contributed by atoms with E-state index < -0.39 is 17.5 Å². The molecule has 2 fully saturated rings. The number of allylic oxidation sites excluding steroid dienone is 1. The summed E-state index contributed by atoms with van der Waals surface area (Å²) >= 11 is 0. The SMILES string of the molecule is Cc1nc2c(cc(C(=O)N3CCN(C4CCCC4)CC3)n2C)c(-c2cc(F)c3c(c2C)CCCO3)c1[C@H](OC(C)(C)C)C(=O)C1=C[CH]1.[HH]. The molecule has 4 heterocycles. The number of aromatic nitrogens is 2. The first-order chi connectivity index (χ1) is 22.4. The number of Topliss-reactive ketones (excluding diaryl/α,β-unsaturated/α-hetero) is 1. The third kappa shape index (κ3) is 5.90. The fourth-order valence-corrected chi connectivity index (χ4v) is 7.87. The Labute approximate surface area is 278 Å². The van der Waals surface area contributed by atoms with Gasteiger partial charge < -0.3 is 18.9 Å². The lowest BCUT2D eigenvalue weighted by molar-refractivity contribution is -0.136. The van der Waals surface area contributed by atoms with Crippen molar-refractivity contribution in [1.29, 1.82) is 0 Å². The minimum Gasteiger partial charge on any atom is -0.490 e. The number of aryl methyl sites for hydroxylation is 2. The van der Waals surface area contributed by atoms with Crippen molar-refractivity contribution in [1.82, 2.24) is 19.4 Å². The topological polar surface area (TPSA) is 76.9 Å². The van der Waals surface area contributed by atoms with Crippen LogP contribution in [0.5, 0.6) is 5.75 Å². The van der Waals surface area contributed by atoms with E-state index in [0.29, 0.717) is 82.6 Å². The predicted octanol–water partition coefficient (Wildman–Crippen LogP) is 6.84. The number of carbonyl (C=O) groups is 2. The molecule has 1 saturated carbocycles. The number of pyridine rings is 1. The Balaban J connectivity index is 0.00000401. The van der Waals surface area contributed by atoms with Crippen molar-refractivity contribution in [2.24, 2.45) is 7.05 Å². The number of piperazine rings is 1. The molecule has 2 aliphatic heterocycles. The number of halogens is 1. The molecule has 7 rings (SSSR count). The van der Waals surface area contributed by atoms with Crippen molar-refractivity contribution in [2.45, 2.75) is 90.9 Å². The van der Waals surface area contributed by atoms with Crippen LogP contribution in [0, 0.1) is 26.1 Å². The van der Waals surface area contributed by atoms with Gasteiger partial charge in [-0.3, -0.25) is 14.5 Å². The fourth-order valence-electron chi connectivity index (χ4n) is 7.87.